The topological polar surface area (TPSA) is 108 Å². The van der Waals surface area contributed by atoms with E-state index in [2.05, 4.69) is 32.6 Å². The summed E-state index contributed by atoms with van der Waals surface area (Å²) in [5.41, 5.74) is 0. The number of aromatic nitrogens is 7. The van der Waals surface area contributed by atoms with Gasteiger partial charge in [0.05, 0.1) is 17.3 Å². The van der Waals surface area contributed by atoms with Crippen LogP contribution < -0.4 is 0 Å². The molecule has 3 heterocycles. The van der Waals surface area contributed by atoms with Crippen LogP contribution in [0, 0.1) is 0 Å². The number of thioether (sulfide) groups is 1. The minimum atomic E-state index is -2.93. The highest BCUT2D eigenvalue weighted by Crippen LogP contribution is 2.29. The van der Waals surface area contributed by atoms with E-state index in [9.17, 15) is 8.42 Å². The second kappa shape index (κ2) is 6.56. The number of sulfone groups is 1. The first-order valence-corrected chi connectivity index (χ1v) is 10.3. The van der Waals surface area contributed by atoms with Gasteiger partial charge in [0.2, 0.25) is 0 Å². The third-order valence-corrected chi connectivity index (χ3v) is 6.62. The van der Waals surface area contributed by atoms with Crippen molar-refractivity contribution in [2.24, 2.45) is 7.05 Å². The van der Waals surface area contributed by atoms with Gasteiger partial charge >= 0.3 is 0 Å². The van der Waals surface area contributed by atoms with Crippen LogP contribution in [-0.4, -0.2) is 54.9 Å². The van der Waals surface area contributed by atoms with Gasteiger partial charge < -0.3 is 4.57 Å². The molecule has 0 N–H and O–H groups in total. The fourth-order valence-corrected chi connectivity index (χ4v) is 5.24. The average molecular weight is 357 g/mol. The minimum Gasteiger partial charge on any atom is -0.309 e. The van der Waals surface area contributed by atoms with Crippen molar-refractivity contribution in [3.05, 3.63) is 11.6 Å². The van der Waals surface area contributed by atoms with Gasteiger partial charge in [0, 0.05) is 19.5 Å². The molecule has 2 aromatic rings. The van der Waals surface area contributed by atoms with Gasteiger partial charge in [-0.3, -0.25) is 0 Å². The quantitative estimate of drug-likeness (QED) is 0.684. The van der Waals surface area contributed by atoms with Gasteiger partial charge in [0.15, 0.2) is 20.8 Å². The highest BCUT2D eigenvalue weighted by molar-refractivity contribution is 7.98. The Morgan fingerprint density at radius 3 is 2.83 bits per heavy atom. The summed E-state index contributed by atoms with van der Waals surface area (Å²) in [4.78, 5) is 0. The molecule has 0 unspecified atom stereocenters. The zero-order chi connectivity index (χ0) is 16.4. The SMILES string of the molecule is CCCn1nnnc1CSc1nnc([C@H]2CCS(=O)(=O)C2)n1C. The van der Waals surface area contributed by atoms with Crippen LogP contribution in [0.15, 0.2) is 5.16 Å². The minimum absolute atomic E-state index is 0.0581. The Hall–Kier alpha value is -1.49. The monoisotopic (exact) mass is 357 g/mol. The molecule has 9 nitrogen and oxygen atoms in total. The maximum atomic E-state index is 11.6. The highest BCUT2D eigenvalue weighted by atomic mass is 32.2. The number of tetrazole rings is 1. The van der Waals surface area contributed by atoms with E-state index in [0.717, 1.165) is 29.8 Å². The Balaban J connectivity index is 1.69. The summed E-state index contributed by atoms with van der Waals surface area (Å²) in [6, 6.07) is 0. The zero-order valence-corrected chi connectivity index (χ0v) is 14.7. The highest BCUT2D eigenvalue weighted by Gasteiger charge is 2.32. The lowest BCUT2D eigenvalue weighted by molar-refractivity contribution is 0.564. The molecule has 11 heteroatoms. The van der Waals surface area contributed by atoms with E-state index in [4.69, 9.17) is 0 Å². The Labute approximate surface area is 138 Å². The van der Waals surface area contributed by atoms with Crippen molar-refractivity contribution >= 4 is 21.6 Å². The number of rotatable bonds is 6. The lowest BCUT2D eigenvalue weighted by atomic mass is 10.1. The molecular weight excluding hydrogens is 338 g/mol. The van der Waals surface area contributed by atoms with Gasteiger partial charge in [-0.1, -0.05) is 18.7 Å². The van der Waals surface area contributed by atoms with Crippen LogP contribution in [0.25, 0.3) is 0 Å². The Morgan fingerprint density at radius 1 is 1.30 bits per heavy atom. The summed E-state index contributed by atoms with van der Waals surface area (Å²) in [6.45, 7) is 2.86. The largest absolute Gasteiger partial charge is 0.309 e. The molecule has 1 saturated heterocycles. The maximum absolute atomic E-state index is 11.6. The molecule has 0 aromatic carbocycles. The van der Waals surface area contributed by atoms with E-state index in [-0.39, 0.29) is 17.4 Å². The van der Waals surface area contributed by atoms with Gasteiger partial charge in [-0.25, -0.2) is 13.1 Å². The lowest BCUT2D eigenvalue weighted by Gasteiger charge is -2.07. The van der Waals surface area contributed by atoms with E-state index in [0.29, 0.717) is 12.2 Å². The standard InChI is InChI=1S/C12H19N7O2S2/c1-3-5-19-10(13-16-17-19)7-22-12-15-14-11(18(12)2)9-4-6-23(20,21)8-9/h9H,3-8H2,1-2H3/t9-/m0/s1. The van der Waals surface area contributed by atoms with Gasteiger partial charge in [-0.15, -0.1) is 15.3 Å². The predicted octanol–water partition coefficient (Wildman–Crippen LogP) is 0.406. The summed E-state index contributed by atoms with van der Waals surface area (Å²) in [7, 11) is -1.06. The summed E-state index contributed by atoms with van der Waals surface area (Å²) in [5, 5.41) is 20.8. The van der Waals surface area contributed by atoms with E-state index in [1.165, 1.54) is 11.8 Å². The molecule has 2 aromatic heterocycles. The molecule has 0 radical (unpaired) electrons. The number of hydrogen-bond acceptors (Lipinski definition) is 8. The molecular formula is C12H19N7O2S2. The molecule has 1 atom stereocenters. The number of nitrogens with zero attached hydrogens (tertiary/aromatic N) is 7. The van der Waals surface area contributed by atoms with Crippen molar-refractivity contribution in [1.29, 1.82) is 0 Å². The van der Waals surface area contributed by atoms with Crippen LogP contribution in [0.2, 0.25) is 0 Å². The third-order valence-electron chi connectivity index (χ3n) is 3.84. The van der Waals surface area contributed by atoms with Crippen molar-refractivity contribution < 1.29 is 8.42 Å². The van der Waals surface area contributed by atoms with E-state index in [1.807, 2.05) is 11.6 Å². The summed E-state index contributed by atoms with van der Waals surface area (Å²) < 4.78 is 26.9. The molecule has 1 fully saturated rings. The molecule has 0 bridgehead atoms. The van der Waals surface area contributed by atoms with Gasteiger partial charge in [0.25, 0.3) is 0 Å². The van der Waals surface area contributed by atoms with Crippen LogP contribution in [-0.2, 0) is 29.2 Å². The second-order valence-electron chi connectivity index (χ2n) is 5.61. The molecule has 0 aliphatic carbocycles. The second-order valence-corrected chi connectivity index (χ2v) is 8.78. The molecule has 0 saturated carbocycles. The van der Waals surface area contributed by atoms with Crippen molar-refractivity contribution in [3.63, 3.8) is 0 Å². The number of hydrogen-bond donors (Lipinski definition) is 0. The van der Waals surface area contributed by atoms with Crippen molar-refractivity contribution in [1.82, 2.24) is 35.0 Å². The van der Waals surface area contributed by atoms with Crippen molar-refractivity contribution in [2.45, 2.75) is 43.1 Å². The third kappa shape index (κ3) is 3.55. The molecule has 1 aliphatic heterocycles. The normalized spacial score (nSPS) is 20.2. The summed E-state index contributed by atoms with van der Waals surface area (Å²) in [5.74, 6) is 2.47. The van der Waals surface area contributed by atoms with Crippen LogP contribution in [0.5, 0.6) is 0 Å². The molecule has 1 aliphatic rings. The van der Waals surface area contributed by atoms with Gasteiger partial charge in [-0.2, -0.15) is 0 Å². The van der Waals surface area contributed by atoms with Crippen LogP contribution >= 0.6 is 11.8 Å². The molecule has 23 heavy (non-hydrogen) atoms. The predicted molar refractivity (Wildman–Crippen MR) is 84.7 cm³/mol. The van der Waals surface area contributed by atoms with Crippen molar-refractivity contribution in [3.8, 4) is 0 Å². The Kier molecular flexibility index (Phi) is 4.67. The molecule has 3 rings (SSSR count). The van der Waals surface area contributed by atoms with E-state index < -0.39 is 9.84 Å². The first-order valence-electron chi connectivity index (χ1n) is 7.47. The van der Waals surface area contributed by atoms with Gasteiger partial charge in [0.1, 0.15) is 5.82 Å². The molecule has 0 spiro atoms. The van der Waals surface area contributed by atoms with Crippen LogP contribution in [0.3, 0.4) is 0 Å². The fourth-order valence-electron chi connectivity index (χ4n) is 2.65. The first kappa shape index (κ1) is 16.4. The smallest absolute Gasteiger partial charge is 0.191 e. The van der Waals surface area contributed by atoms with Crippen molar-refractivity contribution in [2.75, 3.05) is 11.5 Å². The molecule has 126 valence electrons. The number of aryl methyl sites for hydroxylation is 1. The van der Waals surface area contributed by atoms with Gasteiger partial charge in [-0.05, 0) is 23.3 Å². The lowest BCUT2D eigenvalue weighted by Crippen LogP contribution is -2.09. The van der Waals surface area contributed by atoms with Crippen LogP contribution in [0.1, 0.15) is 37.3 Å². The maximum Gasteiger partial charge on any atom is 0.191 e. The van der Waals surface area contributed by atoms with E-state index in [1.54, 1.807) is 4.68 Å². The summed E-state index contributed by atoms with van der Waals surface area (Å²) >= 11 is 1.50. The molecule has 0 amide bonds. The zero-order valence-electron chi connectivity index (χ0n) is 13.1. The van der Waals surface area contributed by atoms with E-state index >= 15 is 0 Å². The average Bonchev–Trinajstić information content (AvgIpc) is 3.17. The Bertz CT molecular complexity index is 783. The first-order chi connectivity index (χ1) is 11.0. The Morgan fingerprint density at radius 2 is 2.13 bits per heavy atom. The summed E-state index contributed by atoms with van der Waals surface area (Å²) in [6.07, 6.45) is 1.58. The fraction of sp³-hybridized carbons (Fsp3) is 0.750. The van der Waals surface area contributed by atoms with Crippen LogP contribution in [0.4, 0.5) is 0 Å².